The van der Waals surface area contributed by atoms with Crippen LogP contribution in [0.2, 0.25) is 0 Å². The molecule has 0 saturated carbocycles. The van der Waals surface area contributed by atoms with Crippen LogP contribution in [0.3, 0.4) is 0 Å². The molecular formula is C8H10Br2N2O3. The van der Waals surface area contributed by atoms with Gasteiger partial charge < -0.3 is 20.2 Å². The second-order valence-corrected chi connectivity index (χ2v) is 4.25. The summed E-state index contributed by atoms with van der Waals surface area (Å²) >= 11 is 6.53. The highest BCUT2D eigenvalue weighted by Crippen LogP contribution is 2.26. The van der Waals surface area contributed by atoms with Gasteiger partial charge in [0, 0.05) is 6.54 Å². The van der Waals surface area contributed by atoms with E-state index in [4.69, 9.17) is 10.2 Å². The van der Waals surface area contributed by atoms with E-state index in [1.54, 1.807) is 0 Å². The SMILES string of the molecule is NC(=O)OCCNCc1cc(Br)c(Br)o1. The highest BCUT2D eigenvalue weighted by atomic mass is 79.9. The second-order valence-electron chi connectivity index (χ2n) is 2.68. The highest BCUT2D eigenvalue weighted by molar-refractivity contribution is 9.13. The maximum Gasteiger partial charge on any atom is 0.404 e. The molecule has 1 rings (SSSR count). The third kappa shape index (κ3) is 4.67. The number of hydrogen-bond donors (Lipinski definition) is 2. The molecule has 0 aliphatic carbocycles. The smallest absolute Gasteiger partial charge is 0.404 e. The van der Waals surface area contributed by atoms with Crippen LogP contribution in [0.25, 0.3) is 0 Å². The summed E-state index contributed by atoms with van der Waals surface area (Å²) < 4.78 is 11.4. The fourth-order valence-electron chi connectivity index (χ4n) is 0.914. The van der Waals surface area contributed by atoms with Crippen LogP contribution in [0.15, 0.2) is 19.6 Å². The number of halogens is 2. The largest absolute Gasteiger partial charge is 0.452 e. The standard InChI is InChI=1S/C8H10Br2N2O3/c9-6-3-5(15-7(6)10)4-12-1-2-14-8(11)13/h3,12H,1-2,4H2,(H2,11,13). The van der Waals surface area contributed by atoms with E-state index >= 15 is 0 Å². The van der Waals surface area contributed by atoms with E-state index in [1.807, 2.05) is 6.07 Å². The highest BCUT2D eigenvalue weighted by Gasteiger charge is 2.05. The number of nitrogens with two attached hydrogens (primary N) is 1. The van der Waals surface area contributed by atoms with E-state index in [9.17, 15) is 4.79 Å². The number of ether oxygens (including phenoxy) is 1. The Balaban J connectivity index is 2.18. The van der Waals surface area contributed by atoms with Gasteiger partial charge in [-0.3, -0.25) is 0 Å². The third-order valence-corrected chi connectivity index (χ3v) is 3.23. The van der Waals surface area contributed by atoms with Crippen LogP contribution in [-0.2, 0) is 11.3 Å². The Morgan fingerprint density at radius 3 is 2.87 bits per heavy atom. The Labute approximate surface area is 104 Å². The number of hydrogen-bond acceptors (Lipinski definition) is 4. The van der Waals surface area contributed by atoms with Gasteiger partial charge in [0.05, 0.1) is 11.0 Å². The summed E-state index contributed by atoms with van der Waals surface area (Å²) in [5.74, 6) is 0.785. The van der Waals surface area contributed by atoms with Crippen LogP contribution in [0.4, 0.5) is 4.79 Å². The van der Waals surface area contributed by atoms with Crippen LogP contribution >= 0.6 is 31.9 Å². The normalized spacial score (nSPS) is 10.3. The van der Waals surface area contributed by atoms with Crippen molar-refractivity contribution >= 4 is 38.0 Å². The molecule has 0 aliphatic heterocycles. The average Bonchev–Trinajstić information content (AvgIpc) is 2.45. The maximum atomic E-state index is 10.2. The lowest BCUT2D eigenvalue weighted by atomic mass is 10.4. The molecule has 1 amide bonds. The molecular weight excluding hydrogens is 332 g/mol. The first-order valence-electron chi connectivity index (χ1n) is 4.16. The van der Waals surface area contributed by atoms with Crippen molar-refractivity contribution in [1.82, 2.24) is 5.32 Å². The van der Waals surface area contributed by atoms with Crippen LogP contribution in [0.5, 0.6) is 0 Å². The van der Waals surface area contributed by atoms with Crippen LogP contribution in [-0.4, -0.2) is 19.2 Å². The molecule has 0 bridgehead atoms. The molecule has 0 radical (unpaired) electrons. The summed E-state index contributed by atoms with van der Waals surface area (Å²) in [6, 6.07) is 1.85. The van der Waals surface area contributed by atoms with Gasteiger partial charge in [0.2, 0.25) is 0 Å². The van der Waals surface area contributed by atoms with Crippen molar-refractivity contribution < 1.29 is 13.9 Å². The Hall–Kier alpha value is -0.530. The van der Waals surface area contributed by atoms with E-state index in [0.717, 1.165) is 10.2 Å². The molecule has 5 nitrogen and oxygen atoms in total. The number of carbonyl (C=O) groups excluding carboxylic acids is 1. The number of nitrogens with one attached hydrogen (secondary N) is 1. The molecule has 84 valence electrons. The topological polar surface area (TPSA) is 77.5 Å². The molecule has 0 atom stereocenters. The Bertz CT molecular complexity index is 321. The Kier molecular flexibility index (Phi) is 5.13. The van der Waals surface area contributed by atoms with Crippen LogP contribution in [0, 0.1) is 0 Å². The van der Waals surface area contributed by atoms with Crippen LogP contribution < -0.4 is 11.1 Å². The molecule has 0 spiro atoms. The van der Waals surface area contributed by atoms with E-state index in [-0.39, 0.29) is 6.61 Å². The fraction of sp³-hybridized carbons (Fsp3) is 0.375. The van der Waals surface area contributed by atoms with Crippen molar-refractivity contribution in [2.24, 2.45) is 5.73 Å². The van der Waals surface area contributed by atoms with Gasteiger partial charge in [0.1, 0.15) is 12.4 Å². The Morgan fingerprint density at radius 1 is 1.60 bits per heavy atom. The van der Waals surface area contributed by atoms with Crippen LogP contribution in [0.1, 0.15) is 5.76 Å². The average molecular weight is 342 g/mol. The molecule has 0 aromatic carbocycles. The first-order chi connectivity index (χ1) is 7.09. The molecule has 0 unspecified atom stereocenters. The lowest BCUT2D eigenvalue weighted by Crippen LogP contribution is -2.23. The number of carbonyl (C=O) groups is 1. The Morgan fingerprint density at radius 2 is 2.33 bits per heavy atom. The number of furan rings is 1. The van der Waals surface area contributed by atoms with E-state index in [2.05, 4.69) is 41.9 Å². The number of amides is 1. The minimum absolute atomic E-state index is 0.248. The molecule has 7 heteroatoms. The molecule has 0 aliphatic rings. The zero-order chi connectivity index (χ0) is 11.3. The summed E-state index contributed by atoms with van der Waals surface area (Å²) in [6.45, 7) is 1.34. The quantitative estimate of drug-likeness (QED) is 0.803. The van der Waals surface area contributed by atoms with Gasteiger partial charge in [0.15, 0.2) is 4.67 Å². The van der Waals surface area contributed by atoms with Gasteiger partial charge in [0.25, 0.3) is 0 Å². The lowest BCUT2D eigenvalue weighted by Gasteiger charge is -2.02. The summed E-state index contributed by atoms with van der Waals surface area (Å²) in [7, 11) is 0. The summed E-state index contributed by atoms with van der Waals surface area (Å²) in [6.07, 6.45) is -0.764. The van der Waals surface area contributed by atoms with Gasteiger partial charge in [-0.25, -0.2) is 4.79 Å². The van der Waals surface area contributed by atoms with Crippen molar-refractivity contribution in [2.45, 2.75) is 6.54 Å². The predicted molar refractivity (Wildman–Crippen MR) is 61.4 cm³/mol. The molecule has 1 aromatic rings. The minimum atomic E-state index is -0.764. The molecule has 3 N–H and O–H groups in total. The number of primary amides is 1. The third-order valence-electron chi connectivity index (χ3n) is 1.52. The molecule has 15 heavy (non-hydrogen) atoms. The van der Waals surface area contributed by atoms with E-state index in [1.165, 1.54) is 0 Å². The molecule has 0 fully saturated rings. The molecule has 0 saturated heterocycles. The zero-order valence-corrected chi connectivity index (χ0v) is 10.9. The predicted octanol–water partition coefficient (Wildman–Crippen LogP) is 1.99. The maximum absolute atomic E-state index is 10.2. The van der Waals surface area contributed by atoms with Gasteiger partial charge >= 0.3 is 6.09 Å². The summed E-state index contributed by atoms with van der Waals surface area (Å²) in [4.78, 5) is 10.2. The van der Waals surface area contributed by atoms with Crippen molar-refractivity contribution in [3.63, 3.8) is 0 Å². The second kappa shape index (κ2) is 6.14. The van der Waals surface area contributed by atoms with Gasteiger partial charge in [-0.1, -0.05) is 0 Å². The zero-order valence-electron chi connectivity index (χ0n) is 7.76. The monoisotopic (exact) mass is 340 g/mol. The van der Waals surface area contributed by atoms with Crippen molar-refractivity contribution in [2.75, 3.05) is 13.2 Å². The van der Waals surface area contributed by atoms with E-state index in [0.29, 0.717) is 17.8 Å². The van der Waals surface area contributed by atoms with Gasteiger partial charge in [-0.2, -0.15) is 0 Å². The van der Waals surface area contributed by atoms with Gasteiger partial charge in [-0.05, 0) is 37.9 Å². The first-order valence-corrected chi connectivity index (χ1v) is 5.75. The first kappa shape index (κ1) is 12.5. The minimum Gasteiger partial charge on any atom is -0.452 e. The summed E-state index contributed by atoms with van der Waals surface area (Å²) in [5.41, 5.74) is 4.79. The van der Waals surface area contributed by atoms with Crippen molar-refractivity contribution in [1.29, 1.82) is 0 Å². The summed E-state index contributed by atoms with van der Waals surface area (Å²) in [5, 5.41) is 3.03. The molecule has 1 heterocycles. The van der Waals surface area contributed by atoms with Crippen molar-refractivity contribution in [3.05, 3.63) is 21.0 Å². The van der Waals surface area contributed by atoms with Crippen molar-refractivity contribution in [3.8, 4) is 0 Å². The molecule has 1 aromatic heterocycles. The van der Waals surface area contributed by atoms with Gasteiger partial charge in [-0.15, -0.1) is 0 Å². The van der Waals surface area contributed by atoms with E-state index < -0.39 is 6.09 Å². The lowest BCUT2D eigenvalue weighted by molar-refractivity contribution is 0.157. The number of rotatable bonds is 5. The fourth-order valence-corrected chi connectivity index (χ4v) is 1.57.